The molecule has 112 valence electrons. The van der Waals surface area contributed by atoms with Crippen LogP contribution in [0.2, 0.25) is 0 Å². The highest BCUT2D eigenvalue weighted by Gasteiger charge is 2.21. The molecule has 1 saturated heterocycles. The molecular weight excluding hydrogens is 334 g/mol. The van der Waals surface area contributed by atoms with E-state index >= 15 is 0 Å². The molecule has 21 heavy (non-hydrogen) atoms. The Labute approximate surface area is 132 Å². The zero-order valence-electron chi connectivity index (χ0n) is 11.9. The number of halogens is 1. The molecule has 1 aliphatic heterocycles. The summed E-state index contributed by atoms with van der Waals surface area (Å²) in [6, 6.07) is 5.93. The fraction of sp³-hybridized carbons (Fsp3) is 0.467. The molecule has 5 nitrogen and oxygen atoms in total. The van der Waals surface area contributed by atoms with Crippen molar-refractivity contribution in [2.45, 2.75) is 31.7 Å². The predicted octanol–water partition coefficient (Wildman–Crippen LogP) is 3.71. The molecule has 0 saturated carbocycles. The van der Waals surface area contributed by atoms with Crippen molar-refractivity contribution in [3.63, 3.8) is 0 Å². The van der Waals surface area contributed by atoms with Crippen molar-refractivity contribution < 1.29 is 9.26 Å². The van der Waals surface area contributed by atoms with Gasteiger partial charge in [0.25, 0.3) is 5.89 Å². The summed E-state index contributed by atoms with van der Waals surface area (Å²) in [6.07, 6.45) is 4.72. The first kappa shape index (κ1) is 14.5. The Morgan fingerprint density at radius 1 is 1.33 bits per heavy atom. The molecule has 0 aliphatic carbocycles. The Balaban J connectivity index is 1.87. The molecule has 1 aliphatic rings. The van der Waals surface area contributed by atoms with Crippen LogP contribution < -0.4 is 10.1 Å². The molecule has 0 bridgehead atoms. The fourth-order valence-electron chi connectivity index (χ4n) is 2.58. The third kappa shape index (κ3) is 3.27. The van der Waals surface area contributed by atoms with Crippen molar-refractivity contribution in [2.24, 2.45) is 0 Å². The van der Waals surface area contributed by atoms with Gasteiger partial charge in [-0.1, -0.05) is 33.9 Å². The molecule has 1 aromatic heterocycles. The van der Waals surface area contributed by atoms with Crippen molar-refractivity contribution >= 4 is 15.9 Å². The summed E-state index contributed by atoms with van der Waals surface area (Å²) in [5.74, 6) is 1.95. The fourth-order valence-corrected chi connectivity index (χ4v) is 2.92. The molecule has 6 heteroatoms. The Kier molecular flexibility index (Phi) is 4.55. The van der Waals surface area contributed by atoms with Gasteiger partial charge in [0.2, 0.25) is 0 Å². The number of ether oxygens (including phenoxy) is 1. The van der Waals surface area contributed by atoms with E-state index in [1.165, 1.54) is 19.3 Å². The number of methoxy groups -OCH3 is 1. The highest BCUT2D eigenvalue weighted by molar-refractivity contribution is 9.10. The summed E-state index contributed by atoms with van der Waals surface area (Å²) < 4.78 is 11.8. The molecule has 2 heterocycles. The average Bonchev–Trinajstić information content (AvgIpc) is 2.82. The van der Waals surface area contributed by atoms with Gasteiger partial charge in [-0.3, -0.25) is 0 Å². The minimum atomic E-state index is 0.187. The summed E-state index contributed by atoms with van der Waals surface area (Å²) in [4.78, 5) is 4.55. The van der Waals surface area contributed by atoms with Crippen LogP contribution in [0.5, 0.6) is 5.75 Å². The molecular formula is C15H18BrN3O2. The van der Waals surface area contributed by atoms with E-state index in [1.54, 1.807) is 7.11 Å². The summed E-state index contributed by atoms with van der Waals surface area (Å²) in [5, 5.41) is 7.62. The van der Waals surface area contributed by atoms with E-state index in [2.05, 4.69) is 31.4 Å². The van der Waals surface area contributed by atoms with Crippen LogP contribution in [0.3, 0.4) is 0 Å². The van der Waals surface area contributed by atoms with Crippen LogP contribution in [0.15, 0.2) is 27.2 Å². The maximum absolute atomic E-state index is 5.43. The first-order chi connectivity index (χ1) is 10.3. The summed E-state index contributed by atoms with van der Waals surface area (Å²) in [5.41, 5.74) is 0.813. The van der Waals surface area contributed by atoms with Gasteiger partial charge in [0, 0.05) is 4.47 Å². The lowest BCUT2D eigenvalue weighted by molar-refractivity contribution is 0.394. The standard InChI is InChI=1S/C15H18BrN3O2/c1-20-13-9-10(16)6-7-11(13)15-18-14(19-21-15)12-5-3-2-4-8-17-12/h6-7,9,12,17H,2-5,8H2,1H3. The van der Waals surface area contributed by atoms with Gasteiger partial charge in [-0.05, 0) is 37.6 Å². The van der Waals surface area contributed by atoms with Gasteiger partial charge in [0.1, 0.15) is 5.75 Å². The first-order valence-corrected chi connectivity index (χ1v) is 7.98. The van der Waals surface area contributed by atoms with Crippen LogP contribution >= 0.6 is 15.9 Å². The van der Waals surface area contributed by atoms with Gasteiger partial charge in [-0.2, -0.15) is 4.98 Å². The van der Waals surface area contributed by atoms with E-state index in [-0.39, 0.29) is 6.04 Å². The second-order valence-electron chi connectivity index (χ2n) is 5.16. The van der Waals surface area contributed by atoms with Gasteiger partial charge in [-0.15, -0.1) is 0 Å². The third-order valence-corrected chi connectivity index (χ3v) is 4.20. The molecule has 2 aromatic rings. The van der Waals surface area contributed by atoms with Gasteiger partial charge >= 0.3 is 0 Å². The SMILES string of the molecule is COc1cc(Br)ccc1-c1nc(C2CCCCCN2)no1. The second-order valence-corrected chi connectivity index (χ2v) is 6.07. The number of rotatable bonds is 3. The number of aromatic nitrogens is 2. The zero-order valence-corrected chi connectivity index (χ0v) is 13.5. The zero-order chi connectivity index (χ0) is 14.7. The van der Waals surface area contributed by atoms with E-state index in [4.69, 9.17) is 9.26 Å². The van der Waals surface area contributed by atoms with Crippen LogP contribution in [0.4, 0.5) is 0 Å². The predicted molar refractivity (Wildman–Crippen MR) is 83.2 cm³/mol. The number of nitrogens with one attached hydrogen (secondary N) is 1. The number of benzene rings is 1. The molecule has 0 spiro atoms. The number of nitrogens with zero attached hydrogens (tertiary/aromatic N) is 2. The Morgan fingerprint density at radius 2 is 2.24 bits per heavy atom. The number of hydrogen-bond acceptors (Lipinski definition) is 5. The maximum atomic E-state index is 5.43. The molecule has 1 atom stereocenters. The Morgan fingerprint density at radius 3 is 3.10 bits per heavy atom. The Hall–Kier alpha value is -1.40. The molecule has 1 aromatic carbocycles. The topological polar surface area (TPSA) is 60.2 Å². The molecule has 3 rings (SSSR count). The summed E-state index contributed by atoms with van der Waals surface area (Å²) >= 11 is 3.43. The molecule has 1 unspecified atom stereocenters. The average molecular weight is 352 g/mol. The lowest BCUT2D eigenvalue weighted by Crippen LogP contribution is -2.21. The molecule has 0 amide bonds. The van der Waals surface area contributed by atoms with Crippen LogP contribution in [0, 0.1) is 0 Å². The smallest absolute Gasteiger partial charge is 0.261 e. The number of hydrogen-bond donors (Lipinski definition) is 1. The lowest BCUT2D eigenvalue weighted by atomic mass is 10.1. The van der Waals surface area contributed by atoms with E-state index in [1.807, 2.05) is 18.2 Å². The van der Waals surface area contributed by atoms with E-state index in [0.717, 1.165) is 28.8 Å². The lowest BCUT2D eigenvalue weighted by Gasteiger charge is -2.10. The highest BCUT2D eigenvalue weighted by Crippen LogP contribution is 2.32. The third-order valence-electron chi connectivity index (χ3n) is 3.71. The van der Waals surface area contributed by atoms with Crippen molar-refractivity contribution in [1.82, 2.24) is 15.5 Å². The van der Waals surface area contributed by atoms with Crippen LogP contribution in [0.1, 0.15) is 37.5 Å². The van der Waals surface area contributed by atoms with E-state index in [9.17, 15) is 0 Å². The molecule has 1 fully saturated rings. The van der Waals surface area contributed by atoms with Crippen LogP contribution in [0.25, 0.3) is 11.5 Å². The van der Waals surface area contributed by atoms with E-state index in [0.29, 0.717) is 11.6 Å². The van der Waals surface area contributed by atoms with E-state index < -0.39 is 0 Å². The van der Waals surface area contributed by atoms with Crippen molar-refractivity contribution in [2.75, 3.05) is 13.7 Å². The maximum Gasteiger partial charge on any atom is 0.261 e. The normalized spacial score (nSPS) is 19.2. The Bertz CT molecular complexity index is 607. The quantitative estimate of drug-likeness (QED) is 0.913. The summed E-state index contributed by atoms with van der Waals surface area (Å²) in [7, 11) is 1.63. The largest absolute Gasteiger partial charge is 0.496 e. The van der Waals surface area contributed by atoms with Gasteiger partial charge in [0.15, 0.2) is 5.82 Å². The van der Waals surface area contributed by atoms with Gasteiger partial charge in [-0.25, -0.2) is 0 Å². The summed E-state index contributed by atoms with van der Waals surface area (Å²) in [6.45, 7) is 1.01. The van der Waals surface area contributed by atoms with Crippen molar-refractivity contribution in [1.29, 1.82) is 0 Å². The molecule has 1 N–H and O–H groups in total. The molecule has 0 radical (unpaired) electrons. The van der Waals surface area contributed by atoms with Crippen molar-refractivity contribution in [3.05, 3.63) is 28.5 Å². The van der Waals surface area contributed by atoms with Crippen molar-refractivity contribution in [3.8, 4) is 17.2 Å². The first-order valence-electron chi connectivity index (χ1n) is 7.19. The monoisotopic (exact) mass is 351 g/mol. The van der Waals surface area contributed by atoms with Crippen LogP contribution in [-0.4, -0.2) is 23.8 Å². The van der Waals surface area contributed by atoms with Gasteiger partial charge in [0.05, 0.1) is 18.7 Å². The highest BCUT2D eigenvalue weighted by atomic mass is 79.9. The van der Waals surface area contributed by atoms with Crippen LogP contribution in [-0.2, 0) is 0 Å². The second kappa shape index (κ2) is 6.58. The minimum Gasteiger partial charge on any atom is -0.496 e. The minimum absolute atomic E-state index is 0.187. The van der Waals surface area contributed by atoms with Gasteiger partial charge < -0.3 is 14.6 Å².